The molecule has 5 heteroatoms. The second-order valence-electron chi connectivity index (χ2n) is 4.34. The van der Waals surface area contributed by atoms with Crippen molar-refractivity contribution in [1.82, 2.24) is 9.97 Å². The quantitative estimate of drug-likeness (QED) is 0.375. The maximum Gasteiger partial charge on any atom is 0.238 e. The summed E-state index contributed by atoms with van der Waals surface area (Å²) in [4.78, 5) is 8.78. The number of hydrogen-bond donors (Lipinski definition) is 2. The lowest BCUT2D eigenvalue weighted by Crippen LogP contribution is -2.11. The molecule has 0 spiro atoms. The minimum atomic E-state index is 0.473. The summed E-state index contributed by atoms with van der Waals surface area (Å²) >= 11 is 1.77. The molecule has 1 heterocycles. The molecular weight excluding hydrogens is 244 g/mol. The van der Waals surface area contributed by atoms with Crippen molar-refractivity contribution < 1.29 is 0 Å². The second-order valence-corrected chi connectivity index (χ2v) is 5.35. The molecule has 0 amide bonds. The van der Waals surface area contributed by atoms with E-state index in [9.17, 15) is 0 Å². The second kappa shape index (κ2) is 6.02. The molecule has 3 N–H and O–H groups in total. The van der Waals surface area contributed by atoms with Crippen molar-refractivity contribution in [2.45, 2.75) is 25.3 Å². The fraction of sp³-hybridized carbons (Fsp3) is 0.385. The first-order valence-electron chi connectivity index (χ1n) is 6.10. The number of rotatable bonds is 5. The number of para-hydroxylation sites is 1. The van der Waals surface area contributed by atoms with Crippen LogP contribution in [-0.4, -0.2) is 15.7 Å². The number of nitrogen functional groups attached to an aromatic ring is 1. The fourth-order valence-electron chi connectivity index (χ4n) is 1.56. The normalized spacial score (nSPS) is 12.6. The minimum absolute atomic E-state index is 0.473. The van der Waals surface area contributed by atoms with Crippen molar-refractivity contribution in [3.8, 4) is 0 Å². The number of benzene rings is 1. The molecular formula is C13H18N4S. The van der Waals surface area contributed by atoms with Crippen LogP contribution in [0.1, 0.15) is 20.3 Å². The molecule has 2 aromatic rings. The van der Waals surface area contributed by atoms with Crippen molar-refractivity contribution in [2.24, 2.45) is 11.8 Å². The van der Waals surface area contributed by atoms with E-state index in [-0.39, 0.29) is 0 Å². The van der Waals surface area contributed by atoms with Gasteiger partial charge >= 0.3 is 0 Å². The number of aromatic nitrogens is 2. The average molecular weight is 262 g/mol. The van der Waals surface area contributed by atoms with Gasteiger partial charge in [0.05, 0.1) is 5.52 Å². The Morgan fingerprint density at radius 2 is 2.11 bits per heavy atom. The van der Waals surface area contributed by atoms with Crippen LogP contribution in [-0.2, 0) is 0 Å². The molecule has 0 aliphatic carbocycles. The van der Waals surface area contributed by atoms with Crippen LogP contribution in [0.4, 0.5) is 5.95 Å². The van der Waals surface area contributed by atoms with Gasteiger partial charge in [-0.2, -0.15) is 0 Å². The largest absolute Gasteiger partial charge is 0.292 e. The van der Waals surface area contributed by atoms with E-state index in [1.807, 2.05) is 18.2 Å². The van der Waals surface area contributed by atoms with Crippen LogP contribution in [0.2, 0.25) is 0 Å². The van der Waals surface area contributed by atoms with Gasteiger partial charge in [0.15, 0.2) is 0 Å². The minimum Gasteiger partial charge on any atom is -0.292 e. The first-order chi connectivity index (χ1) is 8.74. The number of nitrogens with two attached hydrogens (primary N) is 1. The molecule has 0 radical (unpaired) electrons. The molecule has 0 aliphatic rings. The van der Waals surface area contributed by atoms with Crippen LogP contribution in [0.3, 0.4) is 0 Å². The van der Waals surface area contributed by atoms with Gasteiger partial charge in [-0.25, -0.2) is 15.8 Å². The summed E-state index contributed by atoms with van der Waals surface area (Å²) in [7, 11) is 0. The van der Waals surface area contributed by atoms with E-state index in [0.29, 0.717) is 11.9 Å². The van der Waals surface area contributed by atoms with E-state index in [1.54, 1.807) is 11.8 Å². The highest BCUT2D eigenvalue weighted by atomic mass is 32.2. The number of nitrogens with zero attached hydrogens (tertiary/aromatic N) is 2. The Labute approximate surface area is 111 Å². The molecule has 1 aromatic heterocycles. The summed E-state index contributed by atoms with van der Waals surface area (Å²) in [5, 5.41) is 2.08. The number of hydrogen-bond acceptors (Lipinski definition) is 5. The zero-order chi connectivity index (χ0) is 13.0. The SMILES string of the molecule is CCC(C)CSc1nc(NN)nc2ccccc12. The van der Waals surface area contributed by atoms with Crippen LogP contribution in [0, 0.1) is 5.92 Å². The van der Waals surface area contributed by atoms with Crippen molar-refractivity contribution in [3.63, 3.8) is 0 Å². The number of thioether (sulfide) groups is 1. The lowest BCUT2D eigenvalue weighted by atomic mass is 10.2. The summed E-state index contributed by atoms with van der Waals surface area (Å²) < 4.78 is 0. The van der Waals surface area contributed by atoms with Gasteiger partial charge in [0, 0.05) is 11.1 Å². The Kier molecular flexibility index (Phi) is 4.38. The fourth-order valence-corrected chi connectivity index (χ4v) is 2.72. The van der Waals surface area contributed by atoms with E-state index in [0.717, 1.165) is 21.7 Å². The predicted molar refractivity (Wildman–Crippen MR) is 77.5 cm³/mol. The Hall–Kier alpha value is -1.33. The highest BCUT2D eigenvalue weighted by molar-refractivity contribution is 7.99. The lowest BCUT2D eigenvalue weighted by Gasteiger charge is -2.10. The molecule has 0 saturated carbocycles. The molecule has 96 valence electrons. The van der Waals surface area contributed by atoms with Crippen LogP contribution in [0.5, 0.6) is 0 Å². The standard InChI is InChI=1S/C13H18N4S/c1-3-9(2)8-18-12-10-6-4-5-7-11(10)15-13(16-12)17-14/h4-7,9H,3,8,14H2,1-2H3,(H,15,16,17). The van der Waals surface area contributed by atoms with E-state index >= 15 is 0 Å². The van der Waals surface area contributed by atoms with Gasteiger partial charge in [0.2, 0.25) is 5.95 Å². The topological polar surface area (TPSA) is 63.8 Å². The first kappa shape index (κ1) is 13.1. The van der Waals surface area contributed by atoms with Gasteiger partial charge in [-0.05, 0) is 12.0 Å². The monoisotopic (exact) mass is 262 g/mol. The van der Waals surface area contributed by atoms with Gasteiger partial charge in [-0.1, -0.05) is 38.5 Å². The highest BCUT2D eigenvalue weighted by Gasteiger charge is 2.08. The van der Waals surface area contributed by atoms with Crippen molar-refractivity contribution >= 4 is 28.6 Å². The zero-order valence-corrected chi connectivity index (χ0v) is 11.5. The summed E-state index contributed by atoms with van der Waals surface area (Å²) in [6.07, 6.45) is 1.18. The third-order valence-corrected chi connectivity index (χ3v) is 4.22. The summed E-state index contributed by atoms with van der Waals surface area (Å²) in [6, 6.07) is 8.01. The third-order valence-electron chi connectivity index (χ3n) is 2.90. The molecule has 1 unspecified atom stereocenters. The predicted octanol–water partition coefficient (Wildman–Crippen LogP) is 3.05. The Morgan fingerprint density at radius 3 is 2.83 bits per heavy atom. The van der Waals surface area contributed by atoms with E-state index in [1.165, 1.54) is 6.42 Å². The number of nitrogens with one attached hydrogen (secondary N) is 1. The summed E-state index contributed by atoms with van der Waals surface area (Å²) in [6.45, 7) is 4.45. The van der Waals surface area contributed by atoms with E-state index < -0.39 is 0 Å². The first-order valence-corrected chi connectivity index (χ1v) is 7.09. The molecule has 1 atom stereocenters. The molecule has 0 fully saturated rings. The highest BCUT2D eigenvalue weighted by Crippen LogP contribution is 2.28. The van der Waals surface area contributed by atoms with E-state index in [2.05, 4.69) is 35.3 Å². The van der Waals surface area contributed by atoms with Crippen LogP contribution in [0.25, 0.3) is 10.9 Å². The smallest absolute Gasteiger partial charge is 0.238 e. The van der Waals surface area contributed by atoms with Crippen molar-refractivity contribution in [2.75, 3.05) is 11.2 Å². The van der Waals surface area contributed by atoms with Gasteiger partial charge in [-0.15, -0.1) is 11.8 Å². The summed E-state index contributed by atoms with van der Waals surface area (Å²) in [5.74, 6) is 7.62. The maximum atomic E-state index is 5.41. The summed E-state index contributed by atoms with van der Waals surface area (Å²) in [5.41, 5.74) is 3.45. The van der Waals surface area contributed by atoms with Gasteiger partial charge in [0.1, 0.15) is 5.03 Å². The molecule has 2 rings (SSSR count). The Morgan fingerprint density at radius 1 is 1.33 bits per heavy atom. The number of anilines is 1. The van der Waals surface area contributed by atoms with Gasteiger partial charge in [0.25, 0.3) is 0 Å². The van der Waals surface area contributed by atoms with Crippen molar-refractivity contribution in [1.29, 1.82) is 0 Å². The molecule has 0 saturated heterocycles. The lowest BCUT2D eigenvalue weighted by molar-refractivity contribution is 0.636. The molecule has 0 aliphatic heterocycles. The molecule has 4 nitrogen and oxygen atoms in total. The molecule has 1 aromatic carbocycles. The Bertz CT molecular complexity index is 529. The van der Waals surface area contributed by atoms with Gasteiger partial charge in [-0.3, -0.25) is 5.43 Å². The average Bonchev–Trinajstić information content (AvgIpc) is 2.43. The third kappa shape index (κ3) is 2.91. The number of fused-ring (bicyclic) bond motifs is 1. The van der Waals surface area contributed by atoms with Crippen LogP contribution in [0.15, 0.2) is 29.3 Å². The Balaban J connectivity index is 2.34. The van der Waals surface area contributed by atoms with Crippen LogP contribution >= 0.6 is 11.8 Å². The van der Waals surface area contributed by atoms with Gasteiger partial charge < -0.3 is 0 Å². The number of hydrazine groups is 1. The zero-order valence-electron chi connectivity index (χ0n) is 10.7. The van der Waals surface area contributed by atoms with E-state index in [4.69, 9.17) is 5.84 Å². The van der Waals surface area contributed by atoms with Crippen LogP contribution < -0.4 is 11.3 Å². The maximum absolute atomic E-state index is 5.41. The molecule has 18 heavy (non-hydrogen) atoms. The van der Waals surface area contributed by atoms with Crippen molar-refractivity contribution in [3.05, 3.63) is 24.3 Å². The molecule has 0 bridgehead atoms.